The van der Waals surface area contributed by atoms with Crippen molar-refractivity contribution in [2.45, 2.75) is 144 Å². The van der Waals surface area contributed by atoms with Gasteiger partial charge in [0.1, 0.15) is 0 Å². The second kappa shape index (κ2) is 21.3. The molecule has 0 fully saturated rings. The number of benzene rings is 11. The Bertz CT molecular complexity index is 4650. The lowest BCUT2D eigenvalue weighted by molar-refractivity contribution is 0.590. The molecule has 3 aliphatic heterocycles. The van der Waals surface area contributed by atoms with Crippen molar-refractivity contribution in [3.05, 3.63) is 264 Å². The van der Waals surface area contributed by atoms with Crippen molar-refractivity contribution < 1.29 is 0 Å². The molecule has 0 bridgehead atoms. The Morgan fingerprint density at radius 1 is 0.352 bits per heavy atom. The lowest BCUT2D eigenvalue weighted by Gasteiger charge is -2.48. The van der Waals surface area contributed by atoms with E-state index in [-0.39, 0.29) is 33.9 Å². The highest BCUT2D eigenvalue weighted by atomic mass is 32.2. The van der Waals surface area contributed by atoms with E-state index in [0.717, 1.165) is 22.7 Å². The van der Waals surface area contributed by atoms with Crippen molar-refractivity contribution in [3.8, 4) is 44.5 Å². The third-order valence-corrected chi connectivity index (χ3v) is 22.2. The molecule has 1 aliphatic carbocycles. The van der Waals surface area contributed by atoms with Crippen LogP contribution in [-0.4, -0.2) is 6.85 Å². The smallest absolute Gasteiger partial charge is 0.333 e. The van der Waals surface area contributed by atoms with Gasteiger partial charge in [-0.1, -0.05) is 254 Å². The Labute approximate surface area is 549 Å². The van der Waals surface area contributed by atoms with Crippen molar-refractivity contribution in [2.24, 2.45) is 0 Å². The fourth-order valence-electron chi connectivity index (χ4n) is 14.7. The number of anilines is 8. The third kappa shape index (κ3) is 9.89. The number of fused-ring (bicyclic) bond motifs is 10. The minimum Gasteiger partial charge on any atom is -0.376 e. The second-order valence-electron chi connectivity index (χ2n) is 30.2. The number of rotatable bonds is 7. The first kappa shape index (κ1) is 58.9. The second-order valence-corrected chi connectivity index (χ2v) is 32.4. The maximum absolute atomic E-state index is 2.78. The first-order chi connectivity index (χ1) is 43.4. The first-order valence-corrected chi connectivity index (χ1v) is 34.1. The van der Waals surface area contributed by atoms with Crippen LogP contribution in [0.15, 0.2) is 250 Å². The van der Waals surface area contributed by atoms with Crippen molar-refractivity contribution in [3.63, 3.8) is 0 Å². The van der Waals surface area contributed by atoms with E-state index < -0.39 is 0 Å². The van der Waals surface area contributed by atoms with Gasteiger partial charge in [0, 0.05) is 81.5 Å². The molecule has 0 saturated heterocycles. The van der Waals surface area contributed by atoms with E-state index in [1.165, 1.54) is 131 Å². The molecular formula is C85H80BN3S2. The molecule has 0 N–H and O–H groups in total. The molecule has 91 heavy (non-hydrogen) atoms. The summed E-state index contributed by atoms with van der Waals surface area (Å²) in [6, 6.07) is 89.2. The van der Waals surface area contributed by atoms with E-state index in [9.17, 15) is 0 Å². The van der Waals surface area contributed by atoms with Gasteiger partial charge in [0.15, 0.2) is 0 Å². The molecule has 3 heterocycles. The zero-order valence-electron chi connectivity index (χ0n) is 55.2. The number of hydrogen-bond acceptors (Lipinski definition) is 5. The summed E-state index contributed by atoms with van der Waals surface area (Å²) >= 11 is 3.82. The summed E-state index contributed by atoms with van der Waals surface area (Å²) < 4.78 is 0. The largest absolute Gasteiger partial charge is 0.376 e. The van der Waals surface area contributed by atoms with Gasteiger partial charge < -0.3 is 14.6 Å². The van der Waals surface area contributed by atoms with Gasteiger partial charge in [-0.3, -0.25) is 0 Å². The summed E-state index contributed by atoms with van der Waals surface area (Å²) in [5.41, 5.74) is 29.2. The van der Waals surface area contributed by atoms with Gasteiger partial charge in [0.05, 0.1) is 5.69 Å². The maximum Gasteiger partial charge on any atom is 0.333 e. The minimum absolute atomic E-state index is 0.00527. The molecule has 0 amide bonds. The molecule has 11 aromatic carbocycles. The Morgan fingerprint density at radius 2 is 0.802 bits per heavy atom. The van der Waals surface area contributed by atoms with Crippen LogP contribution in [0.2, 0.25) is 0 Å². The number of nitrogens with zero attached hydrogens (tertiary/aromatic N) is 3. The van der Waals surface area contributed by atoms with Crippen molar-refractivity contribution >= 4 is 86.8 Å². The van der Waals surface area contributed by atoms with Gasteiger partial charge in [-0.25, -0.2) is 0 Å². The van der Waals surface area contributed by atoms with Gasteiger partial charge in [-0.15, -0.1) is 0 Å². The van der Waals surface area contributed by atoms with Crippen LogP contribution in [0, 0.1) is 0 Å². The van der Waals surface area contributed by atoms with Crippen LogP contribution < -0.4 is 25.5 Å². The van der Waals surface area contributed by atoms with Gasteiger partial charge in [0.2, 0.25) is 0 Å². The molecule has 450 valence electrons. The lowest BCUT2D eigenvalue weighted by Crippen LogP contribution is -2.62. The molecule has 0 atom stereocenters. The van der Waals surface area contributed by atoms with Gasteiger partial charge >= 0.3 is 6.85 Å². The highest BCUT2D eigenvalue weighted by Crippen LogP contribution is 2.60. The average Bonchev–Trinajstić information content (AvgIpc) is 1.67. The summed E-state index contributed by atoms with van der Waals surface area (Å²) in [5.74, 6) is 0. The zero-order valence-corrected chi connectivity index (χ0v) is 56.8. The number of hydrogen-bond donors (Lipinski definition) is 0. The van der Waals surface area contributed by atoms with E-state index in [0.29, 0.717) is 0 Å². The van der Waals surface area contributed by atoms with Crippen LogP contribution in [0.4, 0.5) is 45.5 Å². The highest BCUT2D eigenvalue weighted by Gasteiger charge is 2.51. The van der Waals surface area contributed by atoms with E-state index >= 15 is 0 Å². The molecule has 0 radical (unpaired) electrons. The van der Waals surface area contributed by atoms with Crippen molar-refractivity contribution in [2.75, 3.05) is 14.6 Å². The molecule has 6 heteroatoms. The summed E-state index contributed by atoms with van der Waals surface area (Å²) in [4.78, 5) is 13.1. The summed E-state index contributed by atoms with van der Waals surface area (Å²) in [6.45, 7) is 32.6. The SMILES string of the molecule is CC(C)(C)c1ccc(N(c2ccc(C(C)(C)C)cc2)c2ccc3c(c2)-c2c4c(cc5c2C(C)(C)c2ccccc2-5)N(c2ccc(C(C)(C)C)cc2-c2ccccc2)c2cc5c(cc2B4N3c2ccc(C(C)(C)C)cc2-c2ccccc2)Sc2ccccc2S5)cc1. The Kier molecular flexibility index (Phi) is 13.8. The Balaban J connectivity index is 1.11. The molecule has 0 aromatic heterocycles. The zero-order chi connectivity index (χ0) is 63.3. The predicted octanol–water partition coefficient (Wildman–Crippen LogP) is 23.3. The fourth-order valence-corrected chi connectivity index (χ4v) is 17.0. The van der Waals surface area contributed by atoms with E-state index in [1.54, 1.807) is 0 Å². The van der Waals surface area contributed by atoms with Crippen LogP contribution in [-0.2, 0) is 27.1 Å². The van der Waals surface area contributed by atoms with Crippen molar-refractivity contribution in [1.29, 1.82) is 0 Å². The van der Waals surface area contributed by atoms with Crippen LogP contribution in [0.1, 0.15) is 130 Å². The standard InChI is InChI=1S/C85H80BN3S2/c1-81(2,3)55-33-39-59(40-34-55)87(60-41-35-56(36-42-60)82(4,5)6)61-43-46-71-66(49-61)78-79-65(62-29-21-22-30-67(62)85(79,13)14)50-73-80(78)86(89(71)70-45-38-58(84(10,11)12)48-64(70)54-27-19-16-20-28-54)68-51-76-77(91-75-32-24-23-31-74(75)90-76)52-72(68)88(73)69-44-37-57(83(7,8)9)47-63(69)53-25-17-15-18-26-53/h15-52H,1-14H3. The molecule has 0 saturated carbocycles. The minimum atomic E-state index is -0.369. The van der Waals surface area contributed by atoms with Crippen LogP contribution in [0.3, 0.4) is 0 Å². The van der Waals surface area contributed by atoms with Gasteiger partial charge in [0.25, 0.3) is 0 Å². The normalized spacial score (nSPS) is 14.4. The highest BCUT2D eigenvalue weighted by molar-refractivity contribution is 8.05. The van der Waals surface area contributed by atoms with Crippen LogP contribution >= 0.6 is 23.5 Å². The van der Waals surface area contributed by atoms with Crippen LogP contribution in [0.25, 0.3) is 44.5 Å². The lowest BCUT2D eigenvalue weighted by atomic mass is 9.42. The Hall–Kier alpha value is -8.42. The molecule has 11 aromatic rings. The van der Waals surface area contributed by atoms with Gasteiger partial charge in [-0.05, 0) is 191 Å². The van der Waals surface area contributed by atoms with Gasteiger partial charge in [-0.2, -0.15) is 0 Å². The van der Waals surface area contributed by atoms with Crippen LogP contribution in [0.5, 0.6) is 0 Å². The molecule has 15 rings (SSSR count). The predicted molar refractivity (Wildman–Crippen MR) is 393 cm³/mol. The summed E-state index contributed by atoms with van der Waals surface area (Å²) in [5, 5.41) is 0. The van der Waals surface area contributed by atoms with E-state index in [2.05, 4.69) is 342 Å². The fraction of sp³-hybridized carbons (Fsp3) is 0.224. The average molecular weight is 1220 g/mol. The monoisotopic (exact) mass is 1220 g/mol. The molecule has 0 spiro atoms. The Morgan fingerprint density at radius 3 is 1.35 bits per heavy atom. The molecule has 0 unspecified atom stereocenters. The summed E-state index contributed by atoms with van der Waals surface area (Å²) in [7, 11) is 0. The van der Waals surface area contributed by atoms with Crippen molar-refractivity contribution in [1.82, 2.24) is 0 Å². The third-order valence-electron chi connectivity index (χ3n) is 19.7. The summed E-state index contributed by atoms with van der Waals surface area (Å²) in [6.07, 6.45) is 0. The quantitative estimate of drug-likeness (QED) is 0.147. The van der Waals surface area contributed by atoms with E-state index in [4.69, 9.17) is 0 Å². The topological polar surface area (TPSA) is 9.72 Å². The first-order valence-electron chi connectivity index (χ1n) is 32.5. The molecule has 3 nitrogen and oxygen atoms in total. The van der Waals surface area contributed by atoms with E-state index in [1.807, 2.05) is 23.5 Å². The molecular weight excluding hydrogens is 1140 g/mol. The molecule has 4 aliphatic rings. The maximum atomic E-state index is 2.78.